The number of aryl methyl sites for hydroxylation is 2. The van der Waals surface area contributed by atoms with E-state index in [0.717, 1.165) is 51.9 Å². The van der Waals surface area contributed by atoms with Gasteiger partial charge in [0.2, 0.25) is 5.95 Å². The van der Waals surface area contributed by atoms with Gasteiger partial charge >= 0.3 is 0 Å². The van der Waals surface area contributed by atoms with Crippen LogP contribution in [0.5, 0.6) is 5.75 Å². The molecule has 0 aliphatic carbocycles. The van der Waals surface area contributed by atoms with Crippen LogP contribution in [0.3, 0.4) is 0 Å². The van der Waals surface area contributed by atoms with Crippen LogP contribution in [0.25, 0.3) is 22.3 Å². The number of nitrogens with zero attached hydrogens (tertiary/aromatic N) is 6. The Bertz CT molecular complexity index is 1320. The van der Waals surface area contributed by atoms with E-state index in [1.54, 1.807) is 0 Å². The zero-order chi connectivity index (χ0) is 24.5. The molecule has 4 rings (SSSR count). The Hall–Kier alpha value is -3.75. The Labute approximate surface area is 200 Å². The van der Waals surface area contributed by atoms with Crippen molar-refractivity contribution < 1.29 is 4.74 Å². The van der Waals surface area contributed by atoms with Crippen LogP contribution in [-0.2, 0) is 7.05 Å². The molecule has 9 nitrogen and oxygen atoms in total. The SMILES string of the molecule is CCOc1cc(-c2nnc(C)n2C)ccc1Nc1ncc2cc(C)nc(NCC(C)(C)C)c2n1. The molecule has 0 radical (unpaired) electrons. The molecule has 3 heterocycles. The van der Waals surface area contributed by atoms with Crippen molar-refractivity contribution in [3.63, 3.8) is 0 Å². The van der Waals surface area contributed by atoms with E-state index in [9.17, 15) is 0 Å². The van der Waals surface area contributed by atoms with Crippen LogP contribution in [-0.4, -0.2) is 42.9 Å². The molecule has 0 fully saturated rings. The molecule has 0 saturated carbocycles. The molecule has 0 amide bonds. The van der Waals surface area contributed by atoms with Gasteiger partial charge in [-0.05, 0) is 50.5 Å². The van der Waals surface area contributed by atoms with Crippen LogP contribution < -0.4 is 15.4 Å². The highest BCUT2D eigenvalue weighted by Crippen LogP contribution is 2.32. The maximum absolute atomic E-state index is 5.92. The zero-order valence-electron chi connectivity index (χ0n) is 20.9. The molecule has 0 aliphatic heterocycles. The quantitative estimate of drug-likeness (QED) is 0.395. The fourth-order valence-corrected chi connectivity index (χ4v) is 3.52. The summed E-state index contributed by atoms with van der Waals surface area (Å²) in [4.78, 5) is 14.0. The number of aromatic nitrogens is 6. The van der Waals surface area contributed by atoms with E-state index in [4.69, 9.17) is 9.72 Å². The third-order valence-corrected chi connectivity index (χ3v) is 5.36. The molecule has 3 aromatic heterocycles. The van der Waals surface area contributed by atoms with Crippen LogP contribution in [0.15, 0.2) is 30.5 Å². The van der Waals surface area contributed by atoms with E-state index in [-0.39, 0.29) is 5.41 Å². The summed E-state index contributed by atoms with van der Waals surface area (Å²) < 4.78 is 7.87. The highest BCUT2D eigenvalue weighted by Gasteiger charge is 2.15. The van der Waals surface area contributed by atoms with Crippen molar-refractivity contribution in [2.24, 2.45) is 12.5 Å². The summed E-state index contributed by atoms with van der Waals surface area (Å²) >= 11 is 0. The summed E-state index contributed by atoms with van der Waals surface area (Å²) in [6.45, 7) is 13.7. The Balaban J connectivity index is 1.68. The Morgan fingerprint density at radius 1 is 1.06 bits per heavy atom. The first-order valence-corrected chi connectivity index (χ1v) is 11.4. The minimum absolute atomic E-state index is 0.112. The van der Waals surface area contributed by atoms with Crippen molar-refractivity contribution in [1.82, 2.24) is 29.7 Å². The summed E-state index contributed by atoms with van der Waals surface area (Å²) in [5.74, 6) is 3.55. The fraction of sp³-hybridized carbons (Fsp3) is 0.400. The third-order valence-electron chi connectivity index (χ3n) is 5.36. The molecule has 0 spiro atoms. The molecule has 178 valence electrons. The lowest BCUT2D eigenvalue weighted by molar-refractivity contribution is 0.342. The monoisotopic (exact) mass is 460 g/mol. The number of nitrogens with one attached hydrogen (secondary N) is 2. The second-order valence-electron chi connectivity index (χ2n) is 9.56. The summed E-state index contributed by atoms with van der Waals surface area (Å²) in [6, 6.07) is 7.88. The molecule has 4 aromatic rings. The number of anilines is 3. The summed E-state index contributed by atoms with van der Waals surface area (Å²) in [6.07, 6.45) is 1.82. The lowest BCUT2D eigenvalue weighted by Gasteiger charge is -2.20. The van der Waals surface area contributed by atoms with E-state index in [1.807, 2.05) is 62.8 Å². The van der Waals surface area contributed by atoms with Gasteiger partial charge in [-0.2, -0.15) is 0 Å². The molecule has 2 N–H and O–H groups in total. The van der Waals surface area contributed by atoms with Crippen LogP contribution in [0.1, 0.15) is 39.2 Å². The molecule has 0 aliphatic rings. The standard InChI is InChI=1S/C25H32N8O/c1-8-34-20-12-17(23-32-31-16(3)33(23)7)9-10-19(20)29-24-26-13-18-11-15(2)28-22(21(18)30-24)27-14-25(4,5)6/h9-13H,8,14H2,1-7H3,(H,27,28)(H,26,29,30). The topological polar surface area (TPSA) is 103 Å². The van der Waals surface area contributed by atoms with Gasteiger partial charge in [0.15, 0.2) is 11.6 Å². The Kier molecular flexibility index (Phi) is 6.37. The van der Waals surface area contributed by atoms with Gasteiger partial charge < -0.3 is 19.9 Å². The third kappa shape index (κ3) is 5.08. The van der Waals surface area contributed by atoms with Gasteiger partial charge in [0.25, 0.3) is 0 Å². The van der Waals surface area contributed by atoms with Crippen molar-refractivity contribution in [3.8, 4) is 17.1 Å². The van der Waals surface area contributed by atoms with Crippen LogP contribution in [0, 0.1) is 19.3 Å². The van der Waals surface area contributed by atoms with E-state index < -0.39 is 0 Å². The summed E-state index contributed by atoms with van der Waals surface area (Å²) in [7, 11) is 1.95. The Morgan fingerprint density at radius 2 is 1.85 bits per heavy atom. The molecule has 0 atom stereocenters. The zero-order valence-corrected chi connectivity index (χ0v) is 20.9. The van der Waals surface area contributed by atoms with Crippen molar-refractivity contribution >= 4 is 28.4 Å². The number of hydrogen-bond donors (Lipinski definition) is 2. The first-order valence-electron chi connectivity index (χ1n) is 11.4. The number of benzene rings is 1. The van der Waals surface area contributed by atoms with E-state index in [0.29, 0.717) is 18.3 Å². The molecular formula is C25H32N8O. The van der Waals surface area contributed by atoms with Crippen LogP contribution in [0.4, 0.5) is 17.5 Å². The number of ether oxygens (including phenoxy) is 1. The molecule has 0 saturated heterocycles. The average molecular weight is 461 g/mol. The average Bonchev–Trinajstić information content (AvgIpc) is 3.11. The Morgan fingerprint density at radius 3 is 2.53 bits per heavy atom. The smallest absolute Gasteiger partial charge is 0.227 e. The van der Waals surface area contributed by atoms with Crippen LogP contribution in [0.2, 0.25) is 0 Å². The minimum Gasteiger partial charge on any atom is -0.492 e. The predicted octanol–water partition coefficient (Wildman–Crippen LogP) is 5.04. The van der Waals surface area contributed by atoms with Gasteiger partial charge in [-0.3, -0.25) is 0 Å². The largest absolute Gasteiger partial charge is 0.492 e. The lowest BCUT2D eigenvalue weighted by atomic mass is 9.97. The molecule has 9 heteroatoms. The molecule has 1 aromatic carbocycles. The fourth-order valence-electron chi connectivity index (χ4n) is 3.52. The predicted molar refractivity (Wildman–Crippen MR) is 136 cm³/mol. The van der Waals surface area contributed by atoms with Gasteiger partial charge in [-0.25, -0.2) is 15.0 Å². The second kappa shape index (κ2) is 9.24. The van der Waals surface area contributed by atoms with E-state index in [1.165, 1.54) is 0 Å². The molecular weight excluding hydrogens is 428 g/mol. The van der Waals surface area contributed by atoms with Gasteiger partial charge in [0.1, 0.15) is 17.1 Å². The van der Waals surface area contributed by atoms with E-state index >= 15 is 0 Å². The highest BCUT2D eigenvalue weighted by atomic mass is 16.5. The second-order valence-corrected chi connectivity index (χ2v) is 9.56. The van der Waals surface area contributed by atoms with Crippen molar-refractivity contribution in [3.05, 3.63) is 42.0 Å². The molecule has 0 bridgehead atoms. The summed E-state index contributed by atoms with van der Waals surface area (Å²) in [5.41, 5.74) is 3.50. The number of rotatable bonds is 7. The number of fused-ring (bicyclic) bond motifs is 1. The molecule has 0 unspecified atom stereocenters. The van der Waals surface area contributed by atoms with Crippen molar-refractivity contribution in [2.75, 3.05) is 23.8 Å². The number of pyridine rings is 1. The summed E-state index contributed by atoms with van der Waals surface area (Å²) in [5, 5.41) is 16.1. The first-order chi connectivity index (χ1) is 16.1. The van der Waals surface area contributed by atoms with Gasteiger partial charge in [-0.1, -0.05) is 20.8 Å². The number of hydrogen-bond acceptors (Lipinski definition) is 8. The maximum Gasteiger partial charge on any atom is 0.227 e. The van der Waals surface area contributed by atoms with E-state index in [2.05, 4.69) is 51.6 Å². The van der Waals surface area contributed by atoms with Crippen LogP contribution >= 0.6 is 0 Å². The first kappa shape index (κ1) is 23.4. The van der Waals surface area contributed by atoms with Gasteiger partial charge in [-0.15, -0.1) is 10.2 Å². The molecule has 34 heavy (non-hydrogen) atoms. The lowest BCUT2D eigenvalue weighted by Crippen LogP contribution is -2.20. The maximum atomic E-state index is 5.92. The van der Waals surface area contributed by atoms with Crippen molar-refractivity contribution in [2.45, 2.75) is 41.5 Å². The van der Waals surface area contributed by atoms with Gasteiger partial charge in [0.05, 0.1) is 12.3 Å². The highest BCUT2D eigenvalue weighted by molar-refractivity contribution is 5.89. The van der Waals surface area contributed by atoms with Gasteiger partial charge in [0, 0.05) is 36.4 Å². The normalized spacial score (nSPS) is 11.6. The minimum atomic E-state index is 0.112. The van der Waals surface area contributed by atoms with Crippen molar-refractivity contribution in [1.29, 1.82) is 0 Å².